The average Bonchev–Trinajstić information content (AvgIpc) is 2.59. The lowest BCUT2D eigenvalue weighted by atomic mass is 10.1. The fourth-order valence-electron chi connectivity index (χ4n) is 3.01. The Morgan fingerprint density at radius 3 is 2.91 bits per heavy atom. The van der Waals surface area contributed by atoms with Crippen LogP contribution in [0.1, 0.15) is 12.1 Å². The minimum absolute atomic E-state index is 0.822. The molecular formula is C18H25N3O2. The Morgan fingerprint density at radius 2 is 2.13 bits per heavy atom. The third-order valence-corrected chi connectivity index (χ3v) is 4.22. The van der Waals surface area contributed by atoms with Crippen LogP contribution in [0.3, 0.4) is 0 Å². The number of aromatic nitrogens is 1. The minimum atomic E-state index is 0.822. The van der Waals surface area contributed by atoms with Crippen molar-refractivity contribution in [2.24, 2.45) is 0 Å². The first-order valence-corrected chi connectivity index (χ1v) is 8.26. The van der Waals surface area contributed by atoms with Gasteiger partial charge in [-0.25, -0.2) is 4.98 Å². The molecule has 1 N–H and O–H groups in total. The van der Waals surface area contributed by atoms with Crippen LogP contribution in [0.4, 0.5) is 5.69 Å². The fourth-order valence-corrected chi connectivity index (χ4v) is 3.01. The van der Waals surface area contributed by atoms with Gasteiger partial charge < -0.3 is 14.8 Å². The molecule has 3 rings (SSSR count). The molecule has 1 aliphatic rings. The van der Waals surface area contributed by atoms with Crippen LogP contribution < -0.4 is 10.1 Å². The summed E-state index contributed by atoms with van der Waals surface area (Å²) in [6, 6.07) is 8.17. The Hall–Kier alpha value is -1.85. The second-order valence-corrected chi connectivity index (χ2v) is 5.90. The summed E-state index contributed by atoms with van der Waals surface area (Å²) in [6.07, 6.45) is 1.12. The second-order valence-electron chi connectivity index (χ2n) is 5.90. The van der Waals surface area contributed by atoms with Crippen molar-refractivity contribution in [2.75, 3.05) is 51.8 Å². The molecule has 5 heteroatoms. The highest BCUT2D eigenvalue weighted by atomic mass is 16.5. The number of ether oxygens (including phenoxy) is 2. The number of pyridine rings is 1. The Bertz CT molecular complexity index is 654. The van der Waals surface area contributed by atoms with Crippen molar-refractivity contribution in [1.82, 2.24) is 9.88 Å². The SMILES string of the molecule is COc1cccc2c(NCCCN3CCOCC3)cc(C)nc12. The Morgan fingerprint density at radius 1 is 1.30 bits per heavy atom. The van der Waals surface area contributed by atoms with Gasteiger partial charge in [-0.3, -0.25) is 4.90 Å². The van der Waals surface area contributed by atoms with Gasteiger partial charge in [0.2, 0.25) is 0 Å². The number of morpholine rings is 1. The molecular weight excluding hydrogens is 290 g/mol. The summed E-state index contributed by atoms with van der Waals surface area (Å²) in [5, 5.41) is 4.68. The largest absolute Gasteiger partial charge is 0.494 e. The number of hydrogen-bond donors (Lipinski definition) is 1. The van der Waals surface area contributed by atoms with Crippen LogP contribution in [0.2, 0.25) is 0 Å². The zero-order chi connectivity index (χ0) is 16.1. The summed E-state index contributed by atoms with van der Waals surface area (Å²) >= 11 is 0. The molecule has 0 radical (unpaired) electrons. The molecule has 0 unspecified atom stereocenters. The van der Waals surface area contributed by atoms with Crippen molar-refractivity contribution >= 4 is 16.6 Å². The van der Waals surface area contributed by atoms with Gasteiger partial charge in [0, 0.05) is 36.4 Å². The number of methoxy groups -OCH3 is 1. The molecule has 5 nitrogen and oxygen atoms in total. The van der Waals surface area contributed by atoms with E-state index < -0.39 is 0 Å². The van der Waals surface area contributed by atoms with Gasteiger partial charge >= 0.3 is 0 Å². The number of para-hydroxylation sites is 1. The zero-order valence-corrected chi connectivity index (χ0v) is 14.0. The minimum Gasteiger partial charge on any atom is -0.494 e. The quantitative estimate of drug-likeness (QED) is 0.831. The number of aryl methyl sites for hydroxylation is 1. The molecule has 124 valence electrons. The van der Waals surface area contributed by atoms with Crippen molar-refractivity contribution in [3.05, 3.63) is 30.0 Å². The van der Waals surface area contributed by atoms with Gasteiger partial charge in [0.15, 0.2) is 0 Å². The first kappa shape index (κ1) is 16.0. The Kier molecular flexibility index (Phi) is 5.31. The highest BCUT2D eigenvalue weighted by Gasteiger charge is 2.10. The molecule has 2 aromatic rings. The van der Waals surface area contributed by atoms with E-state index in [1.807, 2.05) is 19.1 Å². The monoisotopic (exact) mass is 315 g/mol. The smallest absolute Gasteiger partial charge is 0.145 e. The summed E-state index contributed by atoms with van der Waals surface area (Å²) in [5.41, 5.74) is 3.05. The predicted octanol–water partition coefficient (Wildman–Crippen LogP) is 2.69. The second kappa shape index (κ2) is 7.62. The van der Waals surface area contributed by atoms with Gasteiger partial charge in [0.1, 0.15) is 11.3 Å². The maximum atomic E-state index is 5.43. The van der Waals surface area contributed by atoms with Crippen molar-refractivity contribution in [2.45, 2.75) is 13.3 Å². The summed E-state index contributed by atoms with van der Waals surface area (Å²) in [5.74, 6) is 0.822. The molecule has 0 bridgehead atoms. The molecule has 1 saturated heterocycles. The first-order valence-electron chi connectivity index (χ1n) is 8.26. The lowest BCUT2D eigenvalue weighted by Gasteiger charge is -2.26. The topological polar surface area (TPSA) is 46.6 Å². The normalized spacial score (nSPS) is 15.7. The van der Waals surface area contributed by atoms with Gasteiger partial charge in [-0.2, -0.15) is 0 Å². The molecule has 23 heavy (non-hydrogen) atoms. The van der Waals surface area contributed by atoms with E-state index in [-0.39, 0.29) is 0 Å². The van der Waals surface area contributed by atoms with E-state index >= 15 is 0 Å². The molecule has 2 heterocycles. The molecule has 0 atom stereocenters. The summed E-state index contributed by atoms with van der Waals surface area (Å²) in [6.45, 7) is 7.91. The van der Waals surface area contributed by atoms with Gasteiger partial charge in [-0.05, 0) is 32.0 Å². The number of fused-ring (bicyclic) bond motifs is 1. The molecule has 1 aromatic carbocycles. The summed E-state index contributed by atoms with van der Waals surface area (Å²) in [7, 11) is 1.69. The summed E-state index contributed by atoms with van der Waals surface area (Å²) < 4.78 is 10.8. The zero-order valence-electron chi connectivity index (χ0n) is 14.0. The highest BCUT2D eigenvalue weighted by Crippen LogP contribution is 2.29. The molecule has 0 spiro atoms. The third-order valence-electron chi connectivity index (χ3n) is 4.22. The number of rotatable bonds is 6. The van der Waals surface area contributed by atoms with E-state index in [1.54, 1.807) is 7.11 Å². The lowest BCUT2D eigenvalue weighted by molar-refractivity contribution is 0.0378. The lowest BCUT2D eigenvalue weighted by Crippen LogP contribution is -2.37. The number of hydrogen-bond acceptors (Lipinski definition) is 5. The van der Waals surface area contributed by atoms with Crippen molar-refractivity contribution in [3.8, 4) is 5.75 Å². The van der Waals surface area contributed by atoms with E-state index in [2.05, 4.69) is 27.3 Å². The van der Waals surface area contributed by atoms with Crippen LogP contribution in [0.5, 0.6) is 5.75 Å². The molecule has 1 aliphatic heterocycles. The van der Waals surface area contributed by atoms with Crippen molar-refractivity contribution < 1.29 is 9.47 Å². The molecule has 0 aliphatic carbocycles. The molecule has 1 fully saturated rings. The number of nitrogens with zero attached hydrogens (tertiary/aromatic N) is 2. The van der Waals surface area contributed by atoms with E-state index in [1.165, 1.54) is 0 Å². The Balaban J connectivity index is 1.65. The summed E-state index contributed by atoms with van der Waals surface area (Å²) in [4.78, 5) is 7.08. The standard InChI is InChI=1S/C18H25N3O2/c1-14-13-16(15-5-3-6-17(22-2)18(15)20-14)19-7-4-8-21-9-11-23-12-10-21/h3,5-6,13H,4,7-12H2,1-2H3,(H,19,20). The molecule has 0 saturated carbocycles. The predicted molar refractivity (Wildman–Crippen MR) is 93.4 cm³/mol. The van der Waals surface area contributed by atoms with E-state index in [0.29, 0.717) is 0 Å². The van der Waals surface area contributed by atoms with Gasteiger partial charge in [-0.1, -0.05) is 12.1 Å². The maximum absolute atomic E-state index is 5.43. The third kappa shape index (κ3) is 3.92. The van der Waals surface area contributed by atoms with Crippen molar-refractivity contribution in [3.63, 3.8) is 0 Å². The number of nitrogens with one attached hydrogen (secondary N) is 1. The van der Waals surface area contributed by atoms with Crippen LogP contribution in [0.25, 0.3) is 10.9 Å². The van der Waals surface area contributed by atoms with Crippen LogP contribution >= 0.6 is 0 Å². The van der Waals surface area contributed by atoms with Crippen LogP contribution in [-0.4, -0.2) is 56.4 Å². The average molecular weight is 315 g/mol. The number of benzene rings is 1. The first-order chi connectivity index (χ1) is 11.3. The van der Waals surface area contributed by atoms with Crippen LogP contribution in [0, 0.1) is 6.92 Å². The van der Waals surface area contributed by atoms with E-state index in [4.69, 9.17) is 9.47 Å². The van der Waals surface area contributed by atoms with Crippen LogP contribution in [-0.2, 0) is 4.74 Å². The maximum Gasteiger partial charge on any atom is 0.145 e. The van der Waals surface area contributed by atoms with Gasteiger partial charge in [0.25, 0.3) is 0 Å². The molecule has 0 amide bonds. The number of anilines is 1. The van der Waals surface area contributed by atoms with Gasteiger partial charge in [-0.15, -0.1) is 0 Å². The Labute approximate surface area is 137 Å². The highest BCUT2D eigenvalue weighted by molar-refractivity contribution is 5.95. The molecule has 1 aromatic heterocycles. The van der Waals surface area contributed by atoms with E-state index in [0.717, 1.165) is 73.8 Å². The van der Waals surface area contributed by atoms with Crippen LogP contribution in [0.15, 0.2) is 24.3 Å². The fraction of sp³-hybridized carbons (Fsp3) is 0.500. The van der Waals surface area contributed by atoms with E-state index in [9.17, 15) is 0 Å². The van der Waals surface area contributed by atoms with Gasteiger partial charge in [0.05, 0.1) is 20.3 Å². The van der Waals surface area contributed by atoms with Crippen molar-refractivity contribution in [1.29, 1.82) is 0 Å².